The Balaban J connectivity index is 1.44. The van der Waals surface area contributed by atoms with Crippen LogP contribution in [0.5, 0.6) is 0 Å². The zero-order chi connectivity index (χ0) is 24.4. The highest BCUT2D eigenvalue weighted by atomic mass is 32.2. The van der Waals surface area contributed by atoms with Gasteiger partial charge < -0.3 is 5.32 Å². The standard InChI is InChI=1S/C27H32N4O3S/c1-17-6-5-7-20(14-17)27(11-3-4-12-27)29-26(32)22-15-23(19-8-9-19)28-25-24(22)18(2)30-31(25)21-10-13-35(33,34)16-21/h5-7,14-15,19,21H,3-4,8-13,16H2,1-2H3,(H,29,32). The van der Waals surface area contributed by atoms with E-state index in [0.29, 0.717) is 23.5 Å². The Kier molecular flexibility index (Phi) is 5.29. The average Bonchev–Trinajstić information content (AvgIpc) is 3.33. The lowest BCUT2D eigenvalue weighted by Gasteiger charge is -2.31. The molecule has 1 aromatic carbocycles. The molecule has 1 unspecified atom stereocenters. The second-order valence-electron chi connectivity index (χ2n) is 10.8. The Morgan fingerprint density at radius 3 is 2.54 bits per heavy atom. The van der Waals surface area contributed by atoms with Crippen LogP contribution in [-0.4, -0.2) is 40.6 Å². The van der Waals surface area contributed by atoms with E-state index in [2.05, 4.69) is 36.5 Å². The predicted octanol–water partition coefficient (Wildman–Crippen LogP) is 4.48. The van der Waals surface area contributed by atoms with E-state index in [4.69, 9.17) is 10.1 Å². The van der Waals surface area contributed by atoms with Crippen LogP contribution in [-0.2, 0) is 15.4 Å². The summed E-state index contributed by atoms with van der Waals surface area (Å²) < 4.78 is 26.1. The monoisotopic (exact) mass is 492 g/mol. The Labute approximate surface area is 206 Å². The van der Waals surface area contributed by atoms with Gasteiger partial charge in [-0.05, 0) is 57.6 Å². The smallest absolute Gasteiger partial charge is 0.252 e. The van der Waals surface area contributed by atoms with Crippen LogP contribution < -0.4 is 5.32 Å². The molecular weight excluding hydrogens is 460 g/mol. The summed E-state index contributed by atoms with van der Waals surface area (Å²) in [6.07, 6.45) is 6.68. The molecule has 3 fully saturated rings. The van der Waals surface area contributed by atoms with Gasteiger partial charge in [0.15, 0.2) is 15.5 Å². The molecule has 0 radical (unpaired) electrons. The van der Waals surface area contributed by atoms with E-state index in [1.165, 1.54) is 11.1 Å². The number of nitrogens with one attached hydrogen (secondary N) is 1. The van der Waals surface area contributed by atoms with Gasteiger partial charge in [-0.1, -0.05) is 42.7 Å². The summed E-state index contributed by atoms with van der Waals surface area (Å²) in [6, 6.07) is 10.2. The van der Waals surface area contributed by atoms with Gasteiger partial charge in [0, 0.05) is 11.6 Å². The number of amides is 1. The number of aryl methyl sites for hydroxylation is 2. The first-order valence-electron chi connectivity index (χ1n) is 12.7. The van der Waals surface area contributed by atoms with E-state index < -0.39 is 9.84 Å². The van der Waals surface area contributed by atoms with Gasteiger partial charge in [-0.3, -0.25) is 4.79 Å². The lowest BCUT2D eigenvalue weighted by atomic mass is 9.86. The average molecular weight is 493 g/mol. The molecular formula is C27H32N4O3S. The summed E-state index contributed by atoms with van der Waals surface area (Å²) >= 11 is 0. The predicted molar refractivity (Wildman–Crippen MR) is 135 cm³/mol. The maximum absolute atomic E-state index is 14.0. The molecule has 6 rings (SSSR count). The van der Waals surface area contributed by atoms with Gasteiger partial charge in [0.2, 0.25) is 0 Å². The largest absolute Gasteiger partial charge is 0.343 e. The molecule has 2 saturated carbocycles. The minimum atomic E-state index is -3.07. The number of carbonyl (C=O) groups is 1. The minimum Gasteiger partial charge on any atom is -0.343 e. The van der Waals surface area contributed by atoms with Gasteiger partial charge in [-0.2, -0.15) is 5.10 Å². The van der Waals surface area contributed by atoms with E-state index >= 15 is 0 Å². The zero-order valence-electron chi connectivity index (χ0n) is 20.4. The number of sulfone groups is 1. The Morgan fingerprint density at radius 2 is 1.89 bits per heavy atom. The number of carbonyl (C=O) groups excluding carboxylic acids is 1. The summed E-state index contributed by atoms with van der Waals surface area (Å²) in [5, 5.41) is 8.92. The van der Waals surface area contributed by atoms with Crippen LogP contribution in [0.3, 0.4) is 0 Å². The first kappa shape index (κ1) is 22.7. The van der Waals surface area contributed by atoms with Crippen LogP contribution in [0.2, 0.25) is 0 Å². The maximum Gasteiger partial charge on any atom is 0.252 e. The summed E-state index contributed by atoms with van der Waals surface area (Å²) in [7, 11) is -3.07. The molecule has 3 aromatic rings. The van der Waals surface area contributed by atoms with Crippen molar-refractivity contribution in [3.63, 3.8) is 0 Å². The molecule has 2 aromatic heterocycles. The van der Waals surface area contributed by atoms with Crippen molar-refractivity contribution >= 4 is 26.8 Å². The highest BCUT2D eigenvalue weighted by molar-refractivity contribution is 7.91. The minimum absolute atomic E-state index is 0.0799. The number of hydrogen-bond acceptors (Lipinski definition) is 5. The highest BCUT2D eigenvalue weighted by Gasteiger charge is 2.39. The van der Waals surface area contributed by atoms with Crippen LogP contribution in [0.15, 0.2) is 30.3 Å². The van der Waals surface area contributed by atoms with Crippen LogP contribution >= 0.6 is 0 Å². The van der Waals surface area contributed by atoms with Crippen LogP contribution in [0.1, 0.15) is 89.8 Å². The Hall–Kier alpha value is -2.74. The topological polar surface area (TPSA) is 93.9 Å². The van der Waals surface area contributed by atoms with Gasteiger partial charge in [0.1, 0.15) is 0 Å². The third-order valence-corrected chi connectivity index (χ3v) is 9.78. The van der Waals surface area contributed by atoms with Gasteiger partial charge in [-0.25, -0.2) is 18.1 Å². The molecule has 184 valence electrons. The van der Waals surface area contributed by atoms with E-state index in [-0.39, 0.29) is 29.0 Å². The number of aromatic nitrogens is 3. The van der Waals surface area contributed by atoms with Crippen molar-refractivity contribution in [1.29, 1.82) is 0 Å². The van der Waals surface area contributed by atoms with Crippen molar-refractivity contribution < 1.29 is 13.2 Å². The molecule has 3 heterocycles. The van der Waals surface area contributed by atoms with E-state index in [9.17, 15) is 13.2 Å². The first-order valence-corrected chi connectivity index (χ1v) is 14.6. The zero-order valence-corrected chi connectivity index (χ0v) is 21.2. The van der Waals surface area contributed by atoms with Gasteiger partial charge >= 0.3 is 0 Å². The Morgan fingerprint density at radius 1 is 1.11 bits per heavy atom. The fourth-order valence-electron chi connectivity index (χ4n) is 6.01. The van der Waals surface area contributed by atoms with E-state index in [1.807, 2.05) is 13.0 Å². The van der Waals surface area contributed by atoms with Crippen molar-refractivity contribution in [2.45, 2.75) is 76.3 Å². The van der Waals surface area contributed by atoms with Crippen molar-refractivity contribution in [3.05, 3.63) is 58.4 Å². The summed E-state index contributed by atoms with van der Waals surface area (Å²) in [5.41, 5.74) is 4.88. The van der Waals surface area contributed by atoms with Crippen LogP contribution in [0.4, 0.5) is 0 Å². The molecule has 7 nitrogen and oxygen atoms in total. The van der Waals surface area contributed by atoms with Crippen LogP contribution in [0.25, 0.3) is 11.0 Å². The van der Waals surface area contributed by atoms with Gasteiger partial charge in [0.25, 0.3) is 5.91 Å². The molecule has 8 heteroatoms. The van der Waals surface area contributed by atoms with Gasteiger partial charge in [-0.15, -0.1) is 0 Å². The van der Waals surface area contributed by atoms with E-state index in [1.54, 1.807) is 4.68 Å². The SMILES string of the molecule is Cc1cccc(C2(NC(=O)c3cc(C4CC4)nc4c3c(C)nn4C3CCS(=O)(=O)C3)CCCC2)c1. The second kappa shape index (κ2) is 8.15. The highest BCUT2D eigenvalue weighted by Crippen LogP contribution is 2.42. The summed E-state index contributed by atoms with van der Waals surface area (Å²) in [6.45, 7) is 3.98. The van der Waals surface area contributed by atoms with Crippen molar-refractivity contribution in [2.75, 3.05) is 11.5 Å². The fourth-order valence-corrected chi connectivity index (χ4v) is 7.71. The third kappa shape index (κ3) is 4.05. The van der Waals surface area contributed by atoms with Crippen molar-refractivity contribution in [2.24, 2.45) is 0 Å². The molecule has 0 bridgehead atoms. The third-order valence-electron chi connectivity index (χ3n) is 8.03. The summed E-state index contributed by atoms with van der Waals surface area (Å²) in [4.78, 5) is 18.9. The van der Waals surface area contributed by atoms with Gasteiger partial charge in [0.05, 0.1) is 39.7 Å². The molecule has 3 aliphatic rings. The lowest BCUT2D eigenvalue weighted by Crippen LogP contribution is -2.44. The molecule has 1 amide bonds. The molecule has 1 saturated heterocycles. The summed E-state index contributed by atoms with van der Waals surface area (Å²) in [5.74, 6) is 0.520. The number of pyridine rings is 1. The fraction of sp³-hybridized carbons (Fsp3) is 0.519. The maximum atomic E-state index is 14.0. The number of hydrogen-bond donors (Lipinski definition) is 1. The number of rotatable bonds is 5. The molecule has 1 aliphatic heterocycles. The van der Waals surface area contributed by atoms with Crippen molar-refractivity contribution in [3.8, 4) is 0 Å². The molecule has 2 aliphatic carbocycles. The molecule has 1 N–H and O–H groups in total. The first-order chi connectivity index (χ1) is 16.7. The van der Waals surface area contributed by atoms with E-state index in [0.717, 1.165) is 55.3 Å². The molecule has 1 atom stereocenters. The van der Waals surface area contributed by atoms with Crippen LogP contribution in [0, 0.1) is 13.8 Å². The Bertz CT molecular complexity index is 1430. The normalized spacial score (nSPS) is 23.1. The molecule has 0 spiro atoms. The number of benzene rings is 1. The second-order valence-corrected chi connectivity index (χ2v) is 13.0. The number of fused-ring (bicyclic) bond motifs is 1. The quantitative estimate of drug-likeness (QED) is 0.567. The molecule has 35 heavy (non-hydrogen) atoms. The number of nitrogens with zero attached hydrogens (tertiary/aromatic N) is 3. The lowest BCUT2D eigenvalue weighted by molar-refractivity contribution is 0.0899. The van der Waals surface area contributed by atoms with Crippen molar-refractivity contribution in [1.82, 2.24) is 20.1 Å².